The summed E-state index contributed by atoms with van der Waals surface area (Å²) >= 11 is 13.0. The molecule has 4 nitrogen and oxygen atoms in total. The molecule has 0 atom stereocenters. The maximum Gasteiger partial charge on any atom is 0.278 e. The van der Waals surface area contributed by atoms with Crippen LogP contribution < -0.4 is 5.56 Å². The van der Waals surface area contributed by atoms with E-state index in [0.717, 1.165) is 5.69 Å². The molecule has 0 spiro atoms. The lowest BCUT2D eigenvalue weighted by Gasteiger charge is -2.09. The van der Waals surface area contributed by atoms with E-state index in [9.17, 15) is 4.79 Å². The highest BCUT2D eigenvalue weighted by Crippen LogP contribution is 2.25. The van der Waals surface area contributed by atoms with E-state index in [-0.39, 0.29) is 10.8 Å². The first-order valence-corrected chi connectivity index (χ1v) is 8.72. The summed E-state index contributed by atoms with van der Waals surface area (Å²) < 4.78 is 4.21. The number of nitrogens with zero attached hydrogens (tertiary/aromatic N) is 3. The highest BCUT2D eigenvalue weighted by Gasteiger charge is 2.17. The molecule has 0 aliphatic heterocycles. The molecule has 118 valence electrons. The minimum absolute atomic E-state index is 0.108. The monoisotopic (exact) mass is 371 g/mol. The van der Waals surface area contributed by atoms with E-state index in [4.69, 9.17) is 23.8 Å². The molecule has 0 bridgehead atoms. The Bertz CT molecular complexity index is 1150. The van der Waals surface area contributed by atoms with Crippen LogP contribution in [-0.4, -0.2) is 14.1 Å². The fraction of sp³-hybridized carbons (Fsp3) is 0. The Morgan fingerprint density at radius 2 is 1.46 bits per heavy atom. The largest absolute Gasteiger partial charge is 0.278 e. The number of benzene rings is 2. The third-order valence-corrected chi connectivity index (χ3v) is 5.20. The molecule has 2 aromatic heterocycles. The molecule has 0 amide bonds. The molecular formula is C17H10ClN3OS2. The van der Waals surface area contributed by atoms with Gasteiger partial charge in [0.2, 0.25) is 5.28 Å². The zero-order valence-corrected chi connectivity index (χ0v) is 14.6. The highest BCUT2D eigenvalue weighted by molar-refractivity contribution is 7.73. The molecule has 2 aromatic carbocycles. The number of para-hydroxylation sites is 2. The maximum absolute atomic E-state index is 12.9. The van der Waals surface area contributed by atoms with E-state index >= 15 is 0 Å². The zero-order valence-electron chi connectivity index (χ0n) is 12.2. The Labute approximate surface area is 151 Å². The van der Waals surface area contributed by atoms with Gasteiger partial charge in [0, 0.05) is 5.69 Å². The first-order valence-electron chi connectivity index (χ1n) is 7.12. The van der Waals surface area contributed by atoms with E-state index in [1.54, 1.807) is 4.57 Å². The average Bonchev–Trinajstić information content (AvgIpc) is 2.93. The molecule has 2 heterocycles. The van der Waals surface area contributed by atoms with Crippen molar-refractivity contribution in [3.63, 3.8) is 0 Å². The van der Waals surface area contributed by atoms with Gasteiger partial charge in [0.05, 0.1) is 5.69 Å². The van der Waals surface area contributed by atoms with Gasteiger partial charge in [-0.3, -0.25) is 9.36 Å². The lowest BCUT2D eigenvalue weighted by molar-refractivity contribution is 0.950. The van der Waals surface area contributed by atoms with Crippen molar-refractivity contribution in [2.75, 3.05) is 0 Å². The summed E-state index contributed by atoms with van der Waals surface area (Å²) in [6, 6.07) is 18.8. The summed E-state index contributed by atoms with van der Waals surface area (Å²) in [5.74, 6) is 0. The van der Waals surface area contributed by atoms with Gasteiger partial charge in [-0.05, 0) is 48.1 Å². The molecule has 0 unspecified atom stereocenters. The molecule has 0 N–H and O–H groups in total. The SMILES string of the molecule is O=c1c2sc(=S)n(-c3ccccc3)c2nc(Cl)n1-c1ccccc1. The molecule has 0 aliphatic rings. The van der Waals surface area contributed by atoms with Crippen LogP contribution in [0.4, 0.5) is 0 Å². The van der Waals surface area contributed by atoms with Gasteiger partial charge in [-0.25, -0.2) is 4.57 Å². The Morgan fingerprint density at radius 1 is 0.917 bits per heavy atom. The summed E-state index contributed by atoms with van der Waals surface area (Å²) in [4.78, 5) is 17.4. The molecule has 0 saturated heterocycles. The van der Waals surface area contributed by atoms with E-state index in [1.165, 1.54) is 15.9 Å². The average molecular weight is 372 g/mol. The molecule has 0 aliphatic carbocycles. The van der Waals surface area contributed by atoms with Crippen LogP contribution in [0.2, 0.25) is 5.28 Å². The van der Waals surface area contributed by atoms with Gasteiger partial charge in [0.15, 0.2) is 9.60 Å². The normalized spacial score (nSPS) is 11.0. The number of thiazole rings is 1. The number of fused-ring (bicyclic) bond motifs is 1. The Hall–Kier alpha value is -2.28. The Kier molecular flexibility index (Phi) is 3.80. The second-order valence-corrected chi connectivity index (χ2v) is 7.03. The van der Waals surface area contributed by atoms with Gasteiger partial charge in [-0.1, -0.05) is 47.7 Å². The van der Waals surface area contributed by atoms with Crippen LogP contribution in [-0.2, 0) is 0 Å². The number of halogens is 1. The third-order valence-electron chi connectivity index (χ3n) is 3.60. The molecule has 0 saturated carbocycles. The fourth-order valence-electron chi connectivity index (χ4n) is 2.54. The van der Waals surface area contributed by atoms with E-state index in [2.05, 4.69) is 4.98 Å². The Morgan fingerprint density at radius 3 is 2.04 bits per heavy atom. The van der Waals surface area contributed by atoms with Crippen LogP contribution in [0.15, 0.2) is 65.5 Å². The van der Waals surface area contributed by atoms with E-state index < -0.39 is 0 Å². The first kappa shape index (κ1) is 15.3. The summed E-state index contributed by atoms with van der Waals surface area (Å²) in [5.41, 5.74) is 1.79. The predicted octanol–water partition coefficient (Wildman–Crippen LogP) is 4.62. The van der Waals surface area contributed by atoms with Crippen molar-refractivity contribution in [2.45, 2.75) is 0 Å². The highest BCUT2D eigenvalue weighted by atomic mass is 35.5. The number of rotatable bonds is 2. The van der Waals surface area contributed by atoms with Gasteiger partial charge in [-0.2, -0.15) is 4.98 Å². The predicted molar refractivity (Wildman–Crippen MR) is 100 cm³/mol. The van der Waals surface area contributed by atoms with Crippen molar-refractivity contribution < 1.29 is 0 Å². The minimum Gasteiger partial charge on any atom is -0.275 e. The summed E-state index contributed by atoms with van der Waals surface area (Å²) in [6.07, 6.45) is 0. The fourth-order valence-corrected chi connectivity index (χ4v) is 4.10. The van der Waals surface area contributed by atoms with Gasteiger partial charge in [0.1, 0.15) is 4.70 Å². The van der Waals surface area contributed by atoms with E-state index in [1.807, 2.05) is 60.7 Å². The van der Waals surface area contributed by atoms with Crippen molar-refractivity contribution in [2.24, 2.45) is 0 Å². The molecule has 4 rings (SSSR count). The van der Waals surface area contributed by atoms with Crippen molar-refractivity contribution in [3.8, 4) is 11.4 Å². The van der Waals surface area contributed by atoms with Crippen molar-refractivity contribution >= 4 is 45.5 Å². The Balaban J connectivity index is 2.07. The maximum atomic E-state index is 12.9. The zero-order chi connectivity index (χ0) is 16.7. The lowest BCUT2D eigenvalue weighted by Crippen LogP contribution is -2.20. The second kappa shape index (κ2) is 5.98. The lowest BCUT2D eigenvalue weighted by atomic mass is 10.3. The van der Waals surface area contributed by atoms with Crippen molar-refractivity contribution in [1.82, 2.24) is 14.1 Å². The van der Waals surface area contributed by atoms with Crippen LogP contribution in [0, 0.1) is 3.95 Å². The van der Waals surface area contributed by atoms with Crippen molar-refractivity contribution in [3.05, 3.63) is 80.3 Å². The van der Waals surface area contributed by atoms with Gasteiger partial charge in [0.25, 0.3) is 5.56 Å². The quantitative estimate of drug-likeness (QED) is 0.381. The van der Waals surface area contributed by atoms with Crippen LogP contribution >= 0.6 is 35.2 Å². The minimum atomic E-state index is -0.220. The van der Waals surface area contributed by atoms with Gasteiger partial charge < -0.3 is 0 Å². The first-order chi connectivity index (χ1) is 11.7. The molecule has 4 aromatic rings. The van der Waals surface area contributed by atoms with Crippen LogP contribution in [0.25, 0.3) is 21.7 Å². The molecular weight excluding hydrogens is 362 g/mol. The van der Waals surface area contributed by atoms with Crippen molar-refractivity contribution in [1.29, 1.82) is 0 Å². The number of hydrogen-bond acceptors (Lipinski definition) is 4. The van der Waals surface area contributed by atoms with Crippen LogP contribution in [0.5, 0.6) is 0 Å². The topological polar surface area (TPSA) is 39.8 Å². The summed E-state index contributed by atoms with van der Waals surface area (Å²) in [7, 11) is 0. The van der Waals surface area contributed by atoms with Crippen LogP contribution in [0.3, 0.4) is 0 Å². The number of aromatic nitrogens is 3. The smallest absolute Gasteiger partial charge is 0.275 e. The molecule has 0 radical (unpaired) electrons. The summed E-state index contributed by atoms with van der Waals surface area (Å²) in [6.45, 7) is 0. The van der Waals surface area contributed by atoms with Crippen LogP contribution in [0.1, 0.15) is 0 Å². The second-order valence-electron chi connectivity index (χ2n) is 5.05. The molecule has 7 heteroatoms. The number of hydrogen-bond donors (Lipinski definition) is 0. The third kappa shape index (κ3) is 2.39. The van der Waals surface area contributed by atoms with Gasteiger partial charge >= 0.3 is 0 Å². The molecule has 0 fully saturated rings. The standard InChI is InChI=1S/C17H10ClN3OS2/c18-16-19-14-13(15(22)21(16)12-9-5-2-6-10-12)24-17(23)20(14)11-7-3-1-4-8-11/h1-10H. The summed E-state index contributed by atoms with van der Waals surface area (Å²) in [5, 5.41) is 0.108. The molecule has 24 heavy (non-hydrogen) atoms. The van der Waals surface area contributed by atoms with Gasteiger partial charge in [-0.15, -0.1) is 0 Å². The van der Waals surface area contributed by atoms with E-state index in [0.29, 0.717) is 20.0 Å².